The molecule has 0 N–H and O–H groups in total. The fourth-order valence-corrected chi connectivity index (χ4v) is 9.56. The second-order valence-electron chi connectivity index (χ2n) is 5.17. The summed E-state index contributed by atoms with van der Waals surface area (Å²) >= 11 is 0. The summed E-state index contributed by atoms with van der Waals surface area (Å²) in [6.45, 7) is 15.1. The van der Waals surface area contributed by atoms with Crippen molar-refractivity contribution >= 4 is 17.6 Å². The highest BCUT2D eigenvalue weighted by Gasteiger charge is 2.58. The SMILES string of the molecule is CCO[Si](OCC)(OCC)C1=C([Si](OCC)(OCC)OCC)CC1. The molecule has 0 aliphatic heterocycles. The minimum absolute atomic E-state index is 0.551. The molecule has 0 amide bonds. The van der Waals surface area contributed by atoms with Gasteiger partial charge in [0.25, 0.3) is 0 Å². The Kier molecular flexibility index (Phi) is 9.91. The fourth-order valence-electron chi connectivity index (χ4n) is 2.96. The summed E-state index contributed by atoms with van der Waals surface area (Å²) in [5.41, 5.74) is 0. The molecule has 0 heterocycles. The van der Waals surface area contributed by atoms with Gasteiger partial charge in [-0.3, -0.25) is 0 Å². The molecular formula is C16H34O6Si2. The van der Waals surface area contributed by atoms with Crippen molar-refractivity contribution in [2.45, 2.75) is 54.4 Å². The van der Waals surface area contributed by atoms with Crippen molar-refractivity contribution in [3.63, 3.8) is 0 Å². The van der Waals surface area contributed by atoms with Crippen LogP contribution in [0.1, 0.15) is 54.4 Å². The first kappa shape index (κ1) is 22.0. The van der Waals surface area contributed by atoms with Gasteiger partial charge in [0, 0.05) is 50.0 Å². The molecule has 1 aliphatic carbocycles. The van der Waals surface area contributed by atoms with Crippen molar-refractivity contribution < 1.29 is 26.6 Å². The van der Waals surface area contributed by atoms with Crippen molar-refractivity contribution in [2.75, 3.05) is 39.6 Å². The number of hydrogen-bond acceptors (Lipinski definition) is 6. The molecule has 24 heavy (non-hydrogen) atoms. The van der Waals surface area contributed by atoms with E-state index in [4.69, 9.17) is 26.6 Å². The van der Waals surface area contributed by atoms with Crippen molar-refractivity contribution in [1.82, 2.24) is 0 Å². The van der Waals surface area contributed by atoms with Crippen LogP contribution < -0.4 is 0 Å². The Morgan fingerprint density at radius 3 is 0.833 bits per heavy atom. The highest BCUT2D eigenvalue weighted by molar-refractivity contribution is 6.76. The van der Waals surface area contributed by atoms with Crippen molar-refractivity contribution in [2.24, 2.45) is 0 Å². The van der Waals surface area contributed by atoms with E-state index in [2.05, 4.69) is 0 Å². The third-order valence-corrected chi connectivity index (χ3v) is 10.6. The smallest absolute Gasteiger partial charge is 0.370 e. The average Bonchev–Trinajstić information content (AvgIpc) is 2.47. The van der Waals surface area contributed by atoms with Crippen LogP contribution in [0.15, 0.2) is 10.4 Å². The Balaban J connectivity index is 3.33. The quantitative estimate of drug-likeness (QED) is 0.433. The van der Waals surface area contributed by atoms with Gasteiger partial charge in [0.05, 0.1) is 0 Å². The van der Waals surface area contributed by atoms with Crippen LogP contribution in [-0.4, -0.2) is 57.3 Å². The van der Waals surface area contributed by atoms with E-state index in [9.17, 15) is 0 Å². The zero-order valence-electron chi connectivity index (χ0n) is 16.1. The van der Waals surface area contributed by atoms with Crippen LogP contribution in [0.3, 0.4) is 0 Å². The lowest BCUT2D eigenvalue weighted by atomic mass is 10.1. The molecule has 0 fully saturated rings. The van der Waals surface area contributed by atoms with Crippen molar-refractivity contribution in [3.8, 4) is 0 Å². The number of allylic oxidation sites excluding steroid dienone is 2. The standard InChI is InChI=1S/C16H34O6Si2/c1-7-17-23(18-8-2,19-9-3)15-13-14-16(15)24(20-10-4,21-11-5)22-12-6/h7-14H2,1-6H3. The first-order chi connectivity index (χ1) is 11.6. The lowest BCUT2D eigenvalue weighted by Gasteiger charge is -2.41. The van der Waals surface area contributed by atoms with E-state index in [0.717, 1.165) is 23.2 Å². The summed E-state index contributed by atoms with van der Waals surface area (Å²) in [5.74, 6) is 0. The average molecular weight is 379 g/mol. The molecule has 6 nitrogen and oxygen atoms in total. The maximum absolute atomic E-state index is 6.07. The maximum Gasteiger partial charge on any atom is 0.532 e. The van der Waals surface area contributed by atoms with Gasteiger partial charge in [-0.15, -0.1) is 0 Å². The van der Waals surface area contributed by atoms with Crippen LogP contribution in [0.2, 0.25) is 0 Å². The van der Waals surface area contributed by atoms with E-state index in [1.165, 1.54) is 0 Å². The molecule has 0 aromatic rings. The zero-order chi connectivity index (χ0) is 18.1. The normalized spacial score (nSPS) is 15.8. The van der Waals surface area contributed by atoms with E-state index in [0.29, 0.717) is 39.6 Å². The van der Waals surface area contributed by atoms with E-state index in [1.807, 2.05) is 41.5 Å². The summed E-state index contributed by atoms with van der Waals surface area (Å²) in [6.07, 6.45) is 1.78. The molecule has 142 valence electrons. The minimum Gasteiger partial charge on any atom is -0.370 e. The highest BCUT2D eigenvalue weighted by atomic mass is 28.4. The maximum atomic E-state index is 6.07. The molecule has 0 spiro atoms. The molecule has 0 saturated carbocycles. The summed E-state index contributed by atoms with van der Waals surface area (Å²) < 4.78 is 36.4. The Morgan fingerprint density at radius 2 is 0.708 bits per heavy atom. The summed E-state index contributed by atoms with van der Waals surface area (Å²) in [5, 5.41) is 2.21. The third kappa shape index (κ3) is 4.76. The van der Waals surface area contributed by atoms with Gasteiger partial charge in [-0.25, -0.2) is 0 Å². The monoisotopic (exact) mass is 378 g/mol. The lowest BCUT2D eigenvalue weighted by molar-refractivity contribution is 0.0687. The molecule has 0 radical (unpaired) electrons. The molecule has 1 aliphatic rings. The summed E-state index contributed by atoms with van der Waals surface area (Å²) in [7, 11) is -5.80. The van der Waals surface area contributed by atoms with Gasteiger partial charge < -0.3 is 26.6 Å². The van der Waals surface area contributed by atoms with E-state index in [1.54, 1.807) is 0 Å². The van der Waals surface area contributed by atoms with Crippen molar-refractivity contribution in [3.05, 3.63) is 10.4 Å². The van der Waals surface area contributed by atoms with Gasteiger partial charge in [-0.1, -0.05) is 0 Å². The lowest BCUT2D eigenvalue weighted by Crippen LogP contribution is -2.57. The van der Waals surface area contributed by atoms with Gasteiger partial charge in [0.1, 0.15) is 0 Å². The van der Waals surface area contributed by atoms with Gasteiger partial charge in [-0.05, 0) is 54.4 Å². The molecule has 0 aromatic heterocycles. The first-order valence-corrected chi connectivity index (χ1v) is 12.6. The second-order valence-corrected chi connectivity index (χ2v) is 10.3. The molecule has 0 bridgehead atoms. The van der Waals surface area contributed by atoms with Gasteiger partial charge >= 0.3 is 17.6 Å². The van der Waals surface area contributed by atoms with Gasteiger partial charge in [-0.2, -0.15) is 0 Å². The van der Waals surface area contributed by atoms with Crippen molar-refractivity contribution in [1.29, 1.82) is 0 Å². The second kappa shape index (κ2) is 10.8. The topological polar surface area (TPSA) is 55.4 Å². The predicted molar refractivity (Wildman–Crippen MR) is 97.5 cm³/mol. The minimum atomic E-state index is -2.90. The molecule has 0 atom stereocenters. The van der Waals surface area contributed by atoms with E-state index >= 15 is 0 Å². The van der Waals surface area contributed by atoms with Crippen LogP contribution in [0.25, 0.3) is 0 Å². The van der Waals surface area contributed by atoms with Crippen LogP contribution in [0, 0.1) is 0 Å². The van der Waals surface area contributed by atoms with E-state index < -0.39 is 17.6 Å². The van der Waals surface area contributed by atoms with E-state index in [-0.39, 0.29) is 0 Å². The summed E-state index contributed by atoms with van der Waals surface area (Å²) in [4.78, 5) is 0. The molecule has 0 unspecified atom stereocenters. The Hall–Kier alpha value is -0.0662. The molecule has 8 heteroatoms. The van der Waals surface area contributed by atoms with Crippen LogP contribution in [0.5, 0.6) is 0 Å². The first-order valence-electron chi connectivity index (χ1n) is 9.16. The van der Waals surface area contributed by atoms with Gasteiger partial charge in [0.15, 0.2) is 0 Å². The molecule has 0 saturated heterocycles. The molecule has 0 aromatic carbocycles. The van der Waals surface area contributed by atoms with Crippen LogP contribution >= 0.6 is 0 Å². The summed E-state index contributed by atoms with van der Waals surface area (Å²) in [6, 6.07) is 0. The largest absolute Gasteiger partial charge is 0.532 e. The van der Waals surface area contributed by atoms with Crippen LogP contribution in [0.4, 0.5) is 0 Å². The fraction of sp³-hybridized carbons (Fsp3) is 0.875. The Morgan fingerprint density at radius 1 is 0.500 bits per heavy atom. The Labute approximate surface area is 149 Å². The predicted octanol–water partition coefficient (Wildman–Crippen LogP) is 3.25. The third-order valence-electron chi connectivity index (χ3n) is 3.73. The molecule has 1 rings (SSSR count). The number of hydrogen-bond donors (Lipinski definition) is 0. The highest BCUT2D eigenvalue weighted by Crippen LogP contribution is 2.42. The van der Waals surface area contributed by atoms with Gasteiger partial charge in [0.2, 0.25) is 0 Å². The number of rotatable bonds is 14. The zero-order valence-corrected chi connectivity index (χ0v) is 18.1. The Bertz CT molecular complexity index is 332. The molecular weight excluding hydrogens is 344 g/mol. The van der Waals surface area contributed by atoms with Crippen LogP contribution in [-0.2, 0) is 26.6 Å².